The average Bonchev–Trinajstić information content (AvgIpc) is 2.73. The number of nitrogens with one attached hydrogen (secondary N) is 1. The van der Waals surface area contributed by atoms with Gasteiger partial charge in [0, 0.05) is 36.7 Å². The van der Waals surface area contributed by atoms with Crippen molar-refractivity contribution in [3.8, 4) is 5.88 Å². The molecule has 184 valence electrons. The Bertz CT molecular complexity index is 981. The molecule has 1 aliphatic heterocycles. The first-order chi connectivity index (χ1) is 15.3. The molecule has 1 saturated heterocycles. The fourth-order valence-corrected chi connectivity index (χ4v) is 4.40. The number of nitrogens with zero attached hydrogens (tertiary/aromatic N) is 2. The lowest BCUT2D eigenvalue weighted by Crippen LogP contribution is -2.47. The van der Waals surface area contributed by atoms with Crippen LogP contribution in [-0.2, 0) is 19.6 Å². The van der Waals surface area contributed by atoms with Crippen molar-refractivity contribution in [2.75, 3.05) is 26.2 Å². The summed E-state index contributed by atoms with van der Waals surface area (Å²) in [6.45, 7) is 6.88. The molecule has 1 fully saturated rings. The van der Waals surface area contributed by atoms with Crippen LogP contribution in [0.25, 0.3) is 0 Å². The molecule has 0 bridgehead atoms. The van der Waals surface area contributed by atoms with Gasteiger partial charge >= 0.3 is 6.09 Å². The molecule has 10 nitrogen and oxygen atoms in total. The number of sulfonamides is 1. The minimum Gasteiger partial charge on any atom is -0.473 e. The summed E-state index contributed by atoms with van der Waals surface area (Å²) in [6, 6.07) is 2.71. The predicted molar refractivity (Wildman–Crippen MR) is 118 cm³/mol. The molecule has 1 aromatic heterocycles. The van der Waals surface area contributed by atoms with Gasteiger partial charge in [-0.25, -0.2) is 22.6 Å². The zero-order valence-corrected chi connectivity index (χ0v) is 20.1. The number of halogens is 1. The smallest absolute Gasteiger partial charge is 0.407 e. The van der Waals surface area contributed by atoms with Crippen molar-refractivity contribution in [2.24, 2.45) is 11.1 Å². The van der Waals surface area contributed by atoms with E-state index in [0.29, 0.717) is 19.2 Å². The molecule has 1 aromatic rings. The summed E-state index contributed by atoms with van der Waals surface area (Å²) < 4.78 is 50.6. The number of aromatic nitrogens is 1. The SMILES string of the molecule is CC(C)(C)OC(=O)NC/C(=C\F)COc1ccc(S(=O)(=O)N2CCC(C)(C(N)=O)CC2)cn1. The minimum absolute atomic E-state index is 0.0228. The molecule has 0 saturated carbocycles. The molecule has 2 heterocycles. The number of ether oxygens (including phenoxy) is 2. The Hall–Kier alpha value is -2.73. The summed E-state index contributed by atoms with van der Waals surface area (Å²) in [5.41, 5.74) is 4.15. The highest BCUT2D eigenvalue weighted by Crippen LogP contribution is 2.32. The second-order valence-corrected chi connectivity index (χ2v) is 11.0. The Morgan fingerprint density at radius 1 is 1.30 bits per heavy atom. The van der Waals surface area contributed by atoms with Crippen molar-refractivity contribution in [1.29, 1.82) is 0 Å². The number of hydrogen-bond donors (Lipinski definition) is 2. The molecule has 33 heavy (non-hydrogen) atoms. The molecule has 0 aliphatic carbocycles. The highest BCUT2D eigenvalue weighted by molar-refractivity contribution is 7.89. The lowest BCUT2D eigenvalue weighted by molar-refractivity contribution is -0.128. The zero-order valence-electron chi connectivity index (χ0n) is 19.3. The number of hydrogen-bond acceptors (Lipinski definition) is 7. The van der Waals surface area contributed by atoms with Crippen molar-refractivity contribution in [1.82, 2.24) is 14.6 Å². The van der Waals surface area contributed by atoms with Crippen LogP contribution in [0.4, 0.5) is 9.18 Å². The Kier molecular flexibility index (Phi) is 8.41. The van der Waals surface area contributed by atoms with Gasteiger partial charge in [-0.15, -0.1) is 0 Å². The van der Waals surface area contributed by atoms with Crippen LogP contribution in [0, 0.1) is 5.41 Å². The molecule has 0 atom stereocenters. The number of rotatable bonds is 8. The van der Waals surface area contributed by atoms with Crippen LogP contribution in [0.15, 0.2) is 35.1 Å². The minimum atomic E-state index is -3.79. The third-order valence-corrected chi connectivity index (χ3v) is 7.07. The molecule has 2 rings (SSSR count). The van der Waals surface area contributed by atoms with Gasteiger partial charge in [0.05, 0.1) is 12.5 Å². The number of amides is 2. The first-order valence-corrected chi connectivity index (χ1v) is 11.8. The van der Waals surface area contributed by atoms with Crippen molar-refractivity contribution in [2.45, 2.75) is 51.0 Å². The van der Waals surface area contributed by atoms with E-state index in [1.165, 1.54) is 16.4 Å². The first kappa shape index (κ1) is 26.5. The van der Waals surface area contributed by atoms with Gasteiger partial charge in [0.25, 0.3) is 0 Å². The summed E-state index contributed by atoms with van der Waals surface area (Å²) in [4.78, 5) is 27.2. The Labute approximate surface area is 193 Å². The van der Waals surface area contributed by atoms with Gasteiger partial charge < -0.3 is 20.5 Å². The molecule has 0 unspecified atom stereocenters. The summed E-state index contributed by atoms with van der Waals surface area (Å²) in [6.07, 6.45) is 1.46. The maximum atomic E-state index is 13.1. The fraction of sp³-hybridized carbons (Fsp3) is 0.571. The van der Waals surface area contributed by atoms with Gasteiger partial charge in [0.1, 0.15) is 17.1 Å². The number of primary amides is 1. The van der Waals surface area contributed by atoms with Gasteiger partial charge in [-0.1, -0.05) is 6.92 Å². The van der Waals surface area contributed by atoms with E-state index in [9.17, 15) is 22.4 Å². The molecular weight excluding hydrogens is 455 g/mol. The Morgan fingerprint density at radius 3 is 2.42 bits per heavy atom. The Morgan fingerprint density at radius 2 is 1.94 bits per heavy atom. The van der Waals surface area contributed by atoms with Gasteiger partial charge in [0.2, 0.25) is 21.8 Å². The van der Waals surface area contributed by atoms with Gasteiger partial charge in [-0.3, -0.25) is 4.79 Å². The molecule has 3 N–H and O–H groups in total. The monoisotopic (exact) mass is 486 g/mol. The lowest BCUT2D eigenvalue weighted by atomic mass is 9.80. The maximum absolute atomic E-state index is 13.1. The summed E-state index contributed by atoms with van der Waals surface area (Å²) in [7, 11) is -3.79. The molecule has 0 spiro atoms. The van der Waals surface area contributed by atoms with Gasteiger partial charge in [-0.05, 0) is 39.7 Å². The summed E-state index contributed by atoms with van der Waals surface area (Å²) in [5, 5.41) is 2.42. The number of carbonyl (C=O) groups is 2. The highest BCUT2D eigenvalue weighted by atomic mass is 32.2. The average molecular weight is 487 g/mol. The molecule has 1 aliphatic rings. The number of alkyl carbamates (subject to hydrolysis) is 1. The van der Waals surface area contributed by atoms with Crippen LogP contribution in [-0.4, -0.2) is 61.5 Å². The zero-order chi connectivity index (χ0) is 24.9. The van der Waals surface area contributed by atoms with Crippen LogP contribution in [0.3, 0.4) is 0 Å². The normalized spacial score (nSPS) is 17.3. The van der Waals surface area contributed by atoms with E-state index in [2.05, 4.69) is 10.3 Å². The van der Waals surface area contributed by atoms with Crippen molar-refractivity contribution < 1.29 is 31.9 Å². The number of piperidine rings is 1. The largest absolute Gasteiger partial charge is 0.473 e. The van der Waals surface area contributed by atoms with Crippen molar-refractivity contribution in [3.63, 3.8) is 0 Å². The summed E-state index contributed by atoms with van der Waals surface area (Å²) >= 11 is 0. The molecule has 12 heteroatoms. The van der Waals surface area contributed by atoms with E-state index in [1.807, 2.05) is 0 Å². The van der Waals surface area contributed by atoms with Crippen LogP contribution >= 0.6 is 0 Å². The van der Waals surface area contributed by atoms with Crippen LogP contribution < -0.4 is 15.8 Å². The van der Waals surface area contributed by atoms with E-state index in [-0.39, 0.29) is 42.6 Å². The molecule has 0 radical (unpaired) electrons. The van der Waals surface area contributed by atoms with E-state index in [4.69, 9.17) is 15.2 Å². The second kappa shape index (κ2) is 10.5. The second-order valence-electron chi connectivity index (χ2n) is 9.07. The topological polar surface area (TPSA) is 141 Å². The van der Waals surface area contributed by atoms with E-state index >= 15 is 0 Å². The third kappa shape index (κ3) is 7.39. The van der Waals surface area contributed by atoms with E-state index in [0.717, 1.165) is 6.20 Å². The van der Waals surface area contributed by atoms with Crippen molar-refractivity contribution >= 4 is 22.0 Å². The van der Waals surface area contributed by atoms with Crippen molar-refractivity contribution in [3.05, 3.63) is 30.2 Å². The van der Waals surface area contributed by atoms with Crippen LogP contribution in [0.2, 0.25) is 0 Å². The van der Waals surface area contributed by atoms with Gasteiger partial charge in [0.15, 0.2) is 0 Å². The fourth-order valence-electron chi connectivity index (χ4n) is 3.01. The summed E-state index contributed by atoms with van der Waals surface area (Å²) in [5.74, 6) is -0.351. The number of carbonyl (C=O) groups excluding carboxylic acids is 2. The Balaban J connectivity index is 1.91. The number of pyridine rings is 1. The molecular formula is C21H31FN4O6S. The third-order valence-electron chi connectivity index (χ3n) is 5.19. The van der Waals surface area contributed by atoms with Crippen LogP contribution in [0.5, 0.6) is 5.88 Å². The maximum Gasteiger partial charge on any atom is 0.407 e. The number of nitrogens with two attached hydrogens (primary N) is 1. The molecule has 2 amide bonds. The van der Waals surface area contributed by atoms with E-state index in [1.54, 1.807) is 27.7 Å². The standard InChI is InChI=1S/C21H31FN4O6S/c1-20(2,3)32-19(28)25-12-15(11-22)14-31-17-6-5-16(13-24-17)33(29,30)26-9-7-21(4,8-10-26)18(23)27/h5-6,11,13H,7-10,12,14H2,1-4H3,(H2,23,27)(H,25,28)/b15-11+. The first-order valence-electron chi connectivity index (χ1n) is 10.4. The highest BCUT2D eigenvalue weighted by Gasteiger charge is 2.39. The van der Waals surface area contributed by atoms with E-state index < -0.39 is 33.0 Å². The quantitative estimate of drug-likeness (QED) is 0.573. The lowest BCUT2D eigenvalue weighted by Gasteiger charge is -2.36. The van der Waals surface area contributed by atoms with Crippen LogP contribution in [0.1, 0.15) is 40.5 Å². The predicted octanol–water partition coefficient (Wildman–Crippen LogP) is 2.11. The molecule has 0 aromatic carbocycles. The van der Waals surface area contributed by atoms with Gasteiger partial charge in [-0.2, -0.15) is 4.31 Å².